The zero-order chi connectivity index (χ0) is 35.1. The monoisotopic (exact) mass is 694 g/mol. The molecule has 262 valence electrons. The van der Waals surface area contributed by atoms with E-state index >= 15 is 0 Å². The molecule has 3 aromatic carbocycles. The van der Waals surface area contributed by atoms with Gasteiger partial charge in [-0.1, -0.05) is 84.9 Å². The van der Waals surface area contributed by atoms with Gasteiger partial charge in [-0.3, -0.25) is 14.4 Å². The molecule has 0 radical (unpaired) electrons. The van der Waals surface area contributed by atoms with Crippen LogP contribution in [0.2, 0.25) is 0 Å². The van der Waals surface area contributed by atoms with Crippen LogP contribution in [-0.2, 0) is 50.5 Å². The van der Waals surface area contributed by atoms with Crippen molar-refractivity contribution in [2.45, 2.75) is 55.4 Å². The molecule has 1 aliphatic carbocycles. The molecule has 3 heterocycles. The summed E-state index contributed by atoms with van der Waals surface area (Å²) in [4.78, 5) is 46.7. The maximum Gasteiger partial charge on any atom is 0.422 e. The first kappa shape index (κ1) is 33.9. The summed E-state index contributed by atoms with van der Waals surface area (Å²) in [6.45, 7) is -2.22. The minimum Gasteiger partial charge on any atom is -0.458 e. The first-order chi connectivity index (χ1) is 24.1. The molecule has 3 saturated heterocycles. The van der Waals surface area contributed by atoms with E-state index in [0.717, 1.165) is 6.08 Å². The lowest BCUT2D eigenvalue weighted by Crippen LogP contribution is -2.69. The Morgan fingerprint density at radius 1 is 0.960 bits per heavy atom. The summed E-state index contributed by atoms with van der Waals surface area (Å²) in [6.07, 6.45) is -6.13. The third-order valence-corrected chi connectivity index (χ3v) is 9.44. The van der Waals surface area contributed by atoms with Crippen LogP contribution in [0.4, 0.5) is 13.2 Å². The molecule has 4 fully saturated rings. The van der Waals surface area contributed by atoms with Gasteiger partial charge in [0.25, 0.3) is 0 Å². The lowest BCUT2D eigenvalue weighted by molar-refractivity contribution is -0.213. The molecule has 0 spiro atoms. The topological polar surface area (TPSA) is 133 Å². The number of hydrogen-bond acceptors (Lipinski definition) is 10. The van der Waals surface area contributed by atoms with Gasteiger partial charge in [-0.2, -0.15) is 18.2 Å². The summed E-state index contributed by atoms with van der Waals surface area (Å²) in [5, 5.41) is 13.7. The third-order valence-electron chi connectivity index (χ3n) is 9.44. The fraction of sp³-hybridized carbons (Fsp3) is 0.361. The van der Waals surface area contributed by atoms with Gasteiger partial charge < -0.3 is 29.4 Å². The number of esters is 2. The summed E-state index contributed by atoms with van der Waals surface area (Å²) in [5.41, 5.74) is 0.799. The Hall–Kier alpha value is -4.60. The number of aliphatic hydroxyl groups is 1. The molecule has 0 aromatic heterocycles. The van der Waals surface area contributed by atoms with Crippen molar-refractivity contribution in [3.63, 3.8) is 0 Å². The Balaban J connectivity index is 1.25. The molecule has 2 bridgehead atoms. The molecule has 3 aliphatic heterocycles. The highest BCUT2D eigenvalue weighted by Crippen LogP contribution is 2.59. The summed E-state index contributed by atoms with van der Waals surface area (Å²) < 4.78 is 61.6. The summed E-state index contributed by atoms with van der Waals surface area (Å²) in [6, 6.07) is 24.0. The highest BCUT2D eigenvalue weighted by Gasteiger charge is 2.76. The van der Waals surface area contributed by atoms with E-state index in [1.54, 1.807) is 24.3 Å². The van der Waals surface area contributed by atoms with Crippen LogP contribution in [0.3, 0.4) is 0 Å². The number of halogens is 3. The summed E-state index contributed by atoms with van der Waals surface area (Å²) in [7, 11) is 0. The van der Waals surface area contributed by atoms with Gasteiger partial charge in [-0.15, -0.1) is 0 Å². The third kappa shape index (κ3) is 5.96. The van der Waals surface area contributed by atoms with Gasteiger partial charge in [-0.05, 0) is 17.2 Å². The molecule has 11 nitrogen and oxygen atoms in total. The van der Waals surface area contributed by atoms with E-state index < -0.39 is 72.3 Å². The van der Waals surface area contributed by atoms with E-state index in [-0.39, 0.29) is 26.1 Å². The number of nitrogens with zero attached hydrogens (tertiary/aromatic N) is 1. The Morgan fingerprint density at radius 3 is 2.26 bits per heavy atom. The molecule has 0 unspecified atom stereocenters. The highest BCUT2D eigenvalue weighted by molar-refractivity contribution is 5.93. The molecule has 7 rings (SSSR count). The van der Waals surface area contributed by atoms with Crippen molar-refractivity contribution in [2.24, 2.45) is 5.41 Å². The average molecular weight is 695 g/mol. The van der Waals surface area contributed by atoms with Gasteiger partial charge in [0.15, 0.2) is 12.6 Å². The molecule has 1 amide bonds. The maximum absolute atomic E-state index is 14.2. The number of aliphatic hydroxyl groups excluding tert-OH is 1. The van der Waals surface area contributed by atoms with E-state index in [2.05, 4.69) is 10.1 Å². The van der Waals surface area contributed by atoms with E-state index in [9.17, 15) is 32.7 Å². The number of fused-ring (bicyclic) bond motifs is 4. The van der Waals surface area contributed by atoms with Crippen LogP contribution >= 0.6 is 0 Å². The van der Waals surface area contributed by atoms with E-state index in [1.165, 1.54) is 11.1 Å². The molecule has 50 heavy (non-hydrogen) atoms. The van der Waals surface area contributed by atoms with E-state index in [0.29, 0.717) is 22.3 Å². The predicted octanol–water partition coefficient (Wildman–Crippen LogP) is 3.40. The maximum atomic E-state index is 14.2. The number of rotatable bonds is 10. The Kier molecular flexibility index (Phi) is 8.99. The van der Waals surface area contributed by atoms with E-state index in [4.69, 9.17) is 19.0 Å². The number of alkyl halides is 3. The van der Waals surface area contributed by atoms with Gasteiger partial charge in [0, 0.05) is 30.2 Å². The largest absolute Gasteiger partial charge is 0.458 e. The van der Waals surface area contributed by atoms with Crippen molar-refractivity contribution in [3.05, 3.63) is 113 Å². The lowest BCUT2D eigenvalue weighted by atomic mass is 9.62. The van der Waals surface area contributed by atoms with Gasteiger partial charge in [-0.25, -0.2) is 4.79 Å². The predicted molar refractivity (Wildman–Crippen MR) is 167 cm³/mol. The summed E-state index contributed by atoms with van der Waals surface area (Å²) >= 11 is 0. The number of carbonyl (C=O) groups excluding carboxylic acids is 3. The fourth-order valence-corrected chi connectivity index (χ4v) is 7.39. The number of hydrogen-bond donors (Lipinski definition) is 2. The zero-order valence-corrected chi connectivity index (χ0v) is 26.5. The average Bonchev–Trinajstić information content (AvgIpc) is 3.69. The lowest BCUT2D eigenvalue weighted by Gasteiger charge is -2.48. The van der Waals surface area contributed by atoms with Crippen LogP contribution in [0, 0.1) is 5.41 Å². The highest BCUT2D eigenvalue weighted by atomic mass is 19.4. The van der Waals surface area contributed by atoms with Crippen molar-refractivity contribution in [1.82, 2.24) is 10.4 Å². The molecule has 2 N–H and O–H groups in total. The van der Waals surface area contributed by atoms with E-state index in [1.807, 2.05) is 60.7 Å². The Bertz CT molecular complexity index is 1730. The number of carbonyl (C=O) groups is 3. The van der Waals surface area contributed by atoms with Gasteiger partial charge in [0.05, 0.1) is 13.2 Å². The van der Waals surface area contributed by atoms with Crippen LogP contribution in [0.25, 0.3) is 6.08 Å². The normalized spacial score (nSPS) is 28.2. The first-order valence-corrected chi connectivity index (χ1v) is 16.0. The molecule has 4 aliphatic rings. The fourth-order valence-electron chi connectivity index (χ4n) is 7.39. The standard InChI is InChI=1S/C36H33F3N2O9/c37-35(38,39)21-46-27(43)16-15-22-9-7-8-10-23(22)20-41-30-32(44)47-26-19-34(30,33(45)40-17-18-42)31(50-41)29-28(26)48-36(49-29,24-11-3-1-4-12-24)25-13-5-2-6-14-25/h1-16,26,28-31,42H,17-21H2,(H,40,45)/t26-,28+,29+,30+,31-,34+/m1/s1. The molecule has 3 aromatic rings. The van der Waals surface area contributed by atoms with Gasteiger partial charge in [0.2, 0.25) is 11.7 Å². The van der Waals surface area contributed by atoms with Crippen molar-refractivity contribution in [1.29, 1.82) is 0 Å². The van der Waals surface area contributed by atoms with Crippen LogP contribution in [-0.4, -0.2) is 84.4 Å². The summed E-state index contributed by atoms with van der Waals surface area (Å²) in [5.74, 6) is -3.86. The minimum atomic E-state index is -4.67. The second-order valence-electron chi connectivity index (χ2n) is 12.5. The van der Waals surface area contributed by atoms with Crippen LogP contribution in [0.1, 0.15) is 28.7 Å². The molecule has 1 saturated carbocycles. The minimum absolute atomic E-state index is 0.0403. The Morgan fingerprint density at radius 2 is 1.60 bits per heavy atom. The molecule has 6 atom stereocenters. The Labute approximate surface area is 284 Å². The van der Waals surface area contributed by atoms with Gasteiger partial charge in [0.1, 0.15) is 29.8 Å². The quantitative estimate of drug-likeness (QED) is 0.241. The number of amides is 1. The van der Waals surface area contributed by atoms with Crippen molar-refractivity contribution in [3.8, 4) is 0 Å². The number of hydroxylamine groups is 2. The molecular weight excluding hydrogens is 661 g/mol. The van der Waals surface area contributed by atoms with Crippen molar-refractivity contribution < 1.29 is 56.4 Å². The second-order valence-corrected chi connectivity index (χ2v) is 12.5. The first-order valence-electron chi connectivity index (χ1n) is 16.0. The number of nitrogens with one attached hydrogen (secondary N) is 1. The van der Waals surface area contributed by atoms with Crippen LogP contribution < -0.4 is 5.32 Å². The zero-order valence-electron chi connectivity index (χ0n) is 26.5. The van der Waals surface area contributed by atoms with Crippen molar-refractivity contribution in [2.75, 3.05) is 19.8 Å². The van der Waals surface area contributed by atoms with Crippen molar-refractivity contribution >= 4 is 23.9 Å². The smallest absolute Gasteiger partial charge is 0.422 e. The van der Waals surface area contributed by atoms with Crippen LogP contribution in [0.15, 0.2) is 91.0 Å². The molecule has 14 heteroatoms. The second kappa shape index (κ2) is 13.3. The number of ether oxygens (including phenoxy) is 4. The SMILES string of the molecule is O=C(C=Cc1ccccc1CN1O[C@@H]2[C@H]3OC(c4ccccc4)(c4ccccc4)O[C@H]3[C@H]3C[C@]2(C(=O)NCCO)[C@@H]1C(=O)O3)OCC(F)(F)F. The number of benzene rings is 3. The van der Waals surface area contributed by atoms with Crippen LogP contribution in [0.5, 0.6) is 0 Å². The molecular formula is C36H33F3N2O9. The van der Waals surface area contributed by atoms with Gasteiger partial charge >= 0.3 is 18.1 Å².